The molecule has 0 bridgehead atoms. The van der Waals surface area contributed by atoms with Crippen LogP contribution in [0.2, 0.25) is 0 Å². The summed E-state index contributed by atoms with van der Waals surface area (Å²) in [6.45, 7) is 6.63. The summed E-state index contributed by atoms with van der Waals surface area (Å²) in [5.41, 5.74) is 5.20. The third-order valence-electron chi connectivity index (χ3n) is 5.59. The second-order valence-electron chi connectivity index (χ2n) is 7.22. The number of aromatic nitrogens is 2. The van der Waals surface area contributed by atoms with Gasteiger partial charge in [0.25, 0.3) is 0 Å². The molecular weight excluding hydrogens is 403 g/mol. The minimum atomic E-state index is -0.274. The van der Waals surface area contributed by atoms with E-state index in [1.165, 1.54) is 21.8 Å². The number of nitrogens with zero attached hydrogens (tertiary/aromatic N) is 3. The van der Waals surface area contributed by atoms with Crippen molar-refractivity contribution in [2.75, 3.05) is 18.4 Å². The first-order chi connectivity index (χ1) is 14.1. The molecule has 1 aliphatic heterocycles. The zero-order valence-corrected chi connectivity index (χ0v) is 17.9. The quantitative estimate of drug-likeness (QED) is 0.418. The van der Waals surface area contributed by atoms with Crippen molar-refractivity contribution in [3.63, 3.8) is 0 Å². The van der Waals surface area contributed by atoms with Crippen LogP contribution in [-0.4, -0.2) is 34.0 Å². The fraction of sp³-hybridized carbons (Fsp3) is 0.273. The van der Waals surface area contributed by atoms with E-state index >= 15 is 0 Å². The van der Waals surface area contributed by atoms with Crippen LogP contribution in [0.1, 0.15) is 25.1 Å². The van der Waals surface area contributed by atoms with Gasteiger partial charge in [0.2, 0.25) is 0 Å². The average Bonchev–Trinajstić information content (AvgIpc) is 3.35. The Labute approximate surface area is 176 Å². The number of pyridine rings is 1. The first-order valence-electron chi connectivity index (χ1n) is 9.77. The highest BCUT2D eigenvalue weighted by atomic mass is 32.1. The monoisotopic (exact) mass is 424 g/mol. The largest absolute Gasteiger partial charge is 0.352 e. The summed E-state index contributed by atoms with van der Waals surface area (Å²) in [6, 6.07) is 7.80. The molecule has 0 spiro atoms. The first-order valence-corrected chi connectivity index (χ1v) is 11.5. The number of halogens is 1. The SMILES string of the molecule is CCN1CCC=C(c2cc3c(Nc4cc5ncsc5cc4F)ccnc3s2)[C@H]1C. The lowest BCUT2D eigenvalue weighted by atomic mass is 9.99. The van der Waals surface area contributed by atoms with E-state index in [0.717, 1.165) is 45.6 Å². The predicted molar refractivity (Wildman–Crippen MR) is 122 cm³/mol. The maximum Gasteiger partial charge on any atom is 0.148 e. The van der Waals surface area contributed by atoms with E-state index in [2.05, 4.69) is 46.2 Å². The highest BCUT2D eigenvalue weighted by Gasteiger charge is 2.23. The molecule has 4 aromatic rings. The lowest BCUT2D eigenvalue weighted by Gasteiger charge is -2.32. The summed E-state index contributed by atoms with van der Waals surface area (Å²) < 4.78 is 15.5. The lowest BCUT2D eigenvalue weighted by molar-refractivity contribution is 0.257. The van der Waals surface area contributed by atoms with Gasteiger partial charge in [0.05, 0.1) is 27.1 Å². The van der Waals surface area contributed by atoms with Crippen molar-refractivity contribution in [3.05, 3.63) is 52.7 Å². The van der Waals surface area contributed by atoms with E-state index in [1.807, 2.05) is 6.07 Å². The molecule has 5 rings (SSSR count). The van der Waals surface area contributed by atoms with Crippen LogP contribution >= 0.6 is 22.7 Å². The van der Waals surface area contributed by atoms with Crippen molar-refractivity contribution >= 4 is 60.1 Å². The normalized spacial score (nSPS) is 17.8. The van der Waals surface area contributed by atoms with Crippen molar-refractivity contribution in [1.82, 2.24) is 14.9 Å². The Balaban J connectivity index is 1.54. The van der Waals surface area contributed by atoms with Crippen LogP contribution in [0.25, 0.3) is 26.0 Å². The Morgan fingerprint density at radius 3 is 3.00 bits per heavy atom. The Morgan fingerprint density at radius 2 is 2.14 bits per heavy atom. The van der Waals surface area contributed by atoms with Crippen LogP contribution in [0, 0.1) is 5.82 Å². The summed E-state index contributed by atoms with van der Waals surface area (Å²) in [7, 11) is 0. The molecule has 1 N–H and O–H groups in total. The highest BCUT2D eigenvalue weighted by molar-refractivity contribution is 7.19. The van der Waals surface area contributed by atoms with Gasteiger partial charge in [-0.1, -0.05) is 13.0 Å². The van der Waals surface area contributed by atoms with Crippen LogP contribution in [-0.2, 0) is 0 Å². The minimum absolute atomic E-state index is 0.274. The smallest absolute Gasteiger partial charge is 0.148 e. The van der Waals surface area contributed by atoms with Gasteiger partial charge in [0.1, 0.15) is 10.6 Å². The molecule has 0 aliphatic carbocycles. The second-order valence-corrected chi connectivity index (χ2v) is 9.13. The molecule has 1 aliphatic rings. The van der Waals surface area contributed by atoms with Gasteiger partial charge in [-0.05, 0) is 49.7 Å². The van der Waals surface area contributed by atoms with E-state index < -0.39 is 0 Å². The molecule has 1 atom stereocenters. The fourth-order valence-corrected chi connectivity index (χ4v) is 5.83. The van der Waals surface area contributed by atoms with E-state index in [4.69, 9.17) is 0 Å². The Kier molecular flexibility index (Phi) is 4.81. The van der Waals surface area contributed by atoms with Crippen molar-refractivity contribution in [2.45, 2.75) is 26.3 Å². The summed E-state index contributed by atoms with van der Waals surface area (Å²) in [5, 5.41) is 4.29. The first kappa shape index (κ1) is 18.7. The molecule has 0 unspecified atom stereocenters. The summed E-state index contributed by atoms with van der Waals surface area (Å²) >= 11 is 3.15. The lowest BCUT2D eigenvalue weighted by Crippen LogP contribution is -2.36. The van der Waals surface area contributed by atoms with E-state index in [-0.39, 0.29) is 5.82 Å². The molecule has 3 aromatic heterocycles. The topological polar surface area (TPSA) is 41.0 Å². The third kappa shape index (κ3) is 3.33. The summed E-state index contributed by atoms with van der Waals surface area (Å²) in [6.07, 6.45) is 5.20. The molecule has 0 saturated heterocycles. The number of nitrogens with one attached hydrogen (secondary N) is 1. The van der Waals surface area contributed by atoms with Crippen LogP contribution in [0.3, 0.4) is 0 Å². The molecule has 0 fully saturated rings. The van der Waals surface area contributed by atoms with E-state index in [1.54, 1.807) is 35.2 Å². The van der Waals surface area contributed by atoms with Gasteiger partial charge in [-0.15, -0.1) is 22.7 Å². The van der Waals surface area contributed by atoms with Crippen molar-refractivity contribution in [1.29, 1.82) is 0 Å². The minimum Gasteiger partial charge on any atom is -0.352 e. The zero-order chi connectivity index (χ0) is 20.0. The number of thiazole rings is 1. The Bertz CT molecular complexity index is 1230. The molecule has 0 saturated carbocycles. The number of likely N-dealkylation sites (N-methyl/N-ethyl adjacent to an activating group) is 1. The fourth-order valence-electron chi connectivity index (χ4n) is 4.00. The molecule has 4 nitrogen and oxygen atoms in total. The predicted octanol–water partition coefficient (Wildman–Crippen LogP) is 6.29. The average molecular weight is 425 g/mol. The number of rotatable bonds is 4. The highest BCUT2D eigenvalue weighted by Crippen LogP contribution is 2.38. The van der Waals surface area contributed by atoms with Gasteiger partial charge in [-0.3, -0.25) is 4.90 Å². The maximum absolute atomic E-state index is 14.6. The number of hydrogen-bond donors (Lipinski definition) is 1. The standard InChI is InChI=1S/C22H21FN4S2/c1-3-27-8-4-5-14(13(27)2)20-9-15-17(6-7-24-22(15)29-20)26-18-11-19-21(10-16(18)23)28-12-25-19/h5-7,9-13H,3-4,8H2,1-2H3,(H,24,26)/t13-/m1/s1. The second kappa shape index (κ2) is 7.48. The van der Waals surface area contributed by atoms with Gasteiger partial charge in [0, 0.05) is 29.0 Å². The number of anilines is 2. The van der Waals surface area contributed by atoms with Crippen molar-refractivity contribution in [3.8, 4) is 0 Å². The third-order valence-corrected chi connectivity index (χ3v) is 7.48. The van der Waals surface area contributed by atoms with E-state index in [0.29, 0.717) is 11.7 Å². The molecule has 0 radical (unpaired) electrons. The van der Waals surface area contributed by atoms with Crippen LogP contribution < -0.4 is 5.32 Å². The molecular formula is C22H21FN4S2. The number of thiophene rings is 1. The number of fused-ring (bicyclic) bond motifs is 2. The van der Waals surface area contributed by atoms with Gasteiger partial charge in [-0.25, -0.2) is 14.4 Å². The van der Waals surface area contributed by atoms with Gasteiger partial charge < -0.3 is 5.32 Å². The molecule has 148 valence electrons. The Hall–Kier alpha value is -2.35. The number of benzene rings is 1. The molecule has 0 amide bonds. The van der Waals surface area contributed by atoms with Crippen molar-refractivity contribution in [2.24, 2.45) is 0 Å². The summed E-state index contributed by atoms with van der Waals surface area (Å²) in [4.78, 5) is 13.6. The molecule has 29 heavy (non-hydrogen) atoms. The van der Waals surface area contributed by atoms with Crippen LogP contribution in [0.4, 0.5) is 15.8 Å². The molecule has 4 heterocycles. The van der Waals surface area contributed by atoms with Crippen LogP contribution in [0.5, 0.6) is 0 Å². The van der Waals surface area contributed by atoms with Gasteiger partial charge in [-0.2, -0.15) is 0 Å². The summed E-state index contributed by atoms with van der Waals surface area (Å²) in [5.74, 6) is -0.274. The van der Waals surface area contributed by atoms with Gasteiger partial charge in [0.15, 0.2) is 0 Å². The molecule has 7 heteroatoms. The number of hydrogen-bond acceptors (Lipinski definition) is 6. The Morgan fingerprint density at radius 1 is 1.24 bits per heavy atom. The zero-order valence-electron chi connectivity index (χ0n) is 16.3. The molecule has 1 aromatic carbocycles. The maximum atomic E-state index is 14.6. The van der Waals surface area contributed by atoms with Crippen LogP contribution in [0.15, 0.2) is 42.0 Å². The van der Waals surface area contributed by atoms with E-state index in [9.17, 15) is 4.39 Å². The van der Waals surface area contributed by atoms with Crippen molar-refractivity contribution < 1.29 is 4.39 Å². The van der Waals surface area contributed by atoms with Gasteiger partial charge >= 0.3 is 0 Å².